The van der Waals surface area contributed by atoms with Crippen LogP contribution in [0.4, 0.5) is 0 Å². The van der Waals surface area contributed by atoms with Crippen molar-refractivity contribution >= 4 is 5.78 Å². The summed E-state index contributed by atoms with van der Waals surface area (Å²) in [5.74, 6) is 0.681. The Bertz CT molecular complexity index is 973. The first kappa shape index (κ1) is 18.2. The Morgan fingerprint density at radius 3 is 2.00 bits per heavy atom. The van der Waals surface area contributed by atoms with Crippen LogP contribution in [0.1, 0.15) is 33.0 Å². The lowest BCUT2D eigenvalue weighted by Crippen LogP contribution is -2.03. The molecule has 1 atom stereocenters. The highest BCUT2D eigenvalue weighted by Gasteiger charge is 2.17. The predicted octanol–water partition coefficient (Wildman–Crippen LogP) is 4.59. The first-order valence-electron chi connectivity index (χ1n) is 8.49. The summed E-state index contributed by atoms with van der Waals surface area (Å²) in [6, 6.07) is 24.0. The molecule has 27 heavy (non-hydrogen) atoms. The molecule has 3 rings (SSSR count). The normalized spacial score (nSPS) is 11.3. The van der Waals surface area contributed by atoms with Gasteiger partial charge >= 0.3 is 0 Å². The van der Waals surface area contributed by atoms with E-state index in [4.69, 9.17) is 9.47 Å². The van der Waals surface area contributed by atoms with Gasteiger partial charge in [-0.05, 0) is 23.3 Å². The SMILES string of the molecule is COc1ccc(C(C#N)c2ccc(C(=O)c3ccccc3)cc2)cc1OC. The highest BCUT2D eigenvalue weighted by Crippen LogP contribution is 2.33. The van der Waals surface area contributed by atoms with Crippen LogP contribution < -0.4 is 9.47 Å². The van der Waals surface area contributed by atoms with Crippen molar-refractivity contribution in [1.29, 1.82) is 5.26 Å². The Morgan fingerprint density at radius 1 is 0.815 bits per heavy atom. The largest absolute Gasteiger partial charge is 0.493 e. The van der Waals surface area contributed by atoms with Gasteiger partial charge < -0.3 is 9.47 Å². The minimum Gasteiger partial charge on any atom is -0.493 e. The molecule has 4 nitrogen and oxygen atoms in total. The molecule has 0 aliphatic rings. The third-order valence-corrected chi connectivity index (χ3v) is 4.41. The molecule has 0 amide bonds. The minimum absolute atomic E-state index is 0.0400. The summed E-state index contributed by atoms with van der Waals surface area (Å²) in [6.07, 6.45) is 0. The van der Waals surface area contributed by atoms with Crippen molar-refractivity contribution in [3.05, 3.63) is 95.1 Å². The molecule has 4 heteroatoms. The van der Waals surface area contributed by atoms with Crippen molar-refractivity contribution in [2.24, 2.45) is 0 Å². The van der Waals surface area contributed by atoms with Crippen LogP contribution in [0.15, 0.2) is 72.8 Å². The maximum atomic E-state index is 12.5. The number of rotatable bonds is 6. The topological polar surface area (TPSA) is 59.3 Å². The maximum absolute atomic E-state index is 12.5. The van der Waals surface area contributed by atoms with Gasteiger partial charge in [0.15, 0.2) is 17.3 Å². The van der Waals surface area contributed by atoms with Crippen LogP contribution in [0.3, 0.4) is 0 Å². The predicted molar refractivity (Wildman–Crippen MR) is 103 cm³/mol. The van der Waals surface area contributed by atoms with E-state index in [9.17, 15) is 10.1 Å². The Morgan fingerprint density at radius 2 is 1.41 bits per heavy atom. The fourth-order valence-electron chi connectivity index (χ4n) is 2.96. The average molecular weight is 357 g/mol. The fourth-order valence-corrected chi connectivity index (χ4v) is 2.96. The molecule has 3 aromatic carbocycles. The molecule has 3 aromatic rings. The van der Waals surface area contributed by atoms with E-state index >= 15 is 0 Å². The summed E-state index contributed by atoms with van der Waals surface area (Å²) < 4.78 is 10.6. The lowest BCUT2D eigenvalue weighted by Gasteiger charge is -2.14. The monoisotopic (exact) mass is 357 g/mol. The molecule has 0 heterocycles. The Balaban J connectivity index is 1.89. The van der Waals surface area contributed by atoms with Gasteiger partial charge in [0.05, 0.1) is 26.2 Å². The van der Waals surface area contributed by atoms with E-state index in [1.54, 1.807) is 50.6 Å². The number of hydrogen-bond donors (Lipinski definition) is 0. The summed E-state index contributed by atoms with van der Waals surface area (Å²) in [4.78, 5) is 12.5. The highest BCUT2D eigenvalue weighted by molar-refractivity contribution is 6.08. The van der Waals surface area contributed by atoms with Gasteiger partial charge in [0, 0.05) is 11.1 Å². The zero-order valence-electron chi connectivity index (χ0n) is 15.2. The number of nitrogens with zero attached hydrogens (tertiary/aromatic N) is 1. The average Bonchev–Trinajstić information content (AvgIpc) is 2.74. The zero-order chi connectivity index (χ0) is 19.2. The van der Waals surface area contributed by atoms with E-state index in [-0.39, 0.29) is 5.78 Å². The van der Waals surface area contributed by atoms with Crippen LogP contribution in [0, 0.1) is 11.3 Å². The van der Waals surface area contributed by atoms with E-state index in [1.165, 1.54) is 0 Å². The number of nitriles is 1. The van der Waals surface area contributed by atoms with Crippen molar-refractivity contribution in [2.75, 3.05) is 14.2 Å². The molecule has 0 aliphatic carbocycles. The Labute approximate surface area is 158 Å². The Hall–Kier alpha value is -3.58. The lowest BCUT2D eigenvalue weighted by molar-refractivity contribution is 0.103. The summed E-state index contributed by atoms with van der Waals surface area (Å²) in [6.45, 7) is 0. The van der Waals surface area contributed by atoms with Crippen LogP contribution in [0.5, 0.6) is 11.5 Å². The lowest BCUT2D eigenvalue weighted by atomic mass is 9.91. The van der Waals surface area contributed by atoms with Gasteiger partial charge in [0.1, 0.15) is 0 Å². The number of methoxy groups -OCH3 is 2. The standard InChI is InChI=1S/C23H19NO3/c1-26-21-13-12-19(14-22(21)27-2)20(15-24)16-8-10-18(11-9-16)23(25)17-6-4-3-5-7-17/h3-14,20H,1-2H3. The first-order valence-corrected chi connectivity index (χ1v) is 8.49. The molecule has 134 valence electrons. The first-order chi connectivity index (χ1) is 13.2. The molecule has 0 saturated carbocycles. The molecule has 0 saturated heterocycles. The zero-order valence-corrected chi connectivity index (χ0v) is 15.2. The molecule has 0 aliphatic heterocycles. The van der Waals surface area contributed by atoms with Crippen LogP contribution in [0.2, 0.25) is 0 Å². The van der Waals surface area contributed by atoms with Crippen molar-refractivity contribution < 1.29 is 14.3 Å². The van der Waals surface area contributed by atoms with Gasteiger partial charge in [-0.25, -0.2) is 0 Å². The van der Waals surface area contributed by atoms with Gasteiger partial charge in [-0.1, -0.05) is 60.7 Å². The Kier molecular flexibility index (Phi) is 5.53. The second-order valence-electron chi connectivity index (χ2n) is 5.99. The van der Waals surface area contributed by atoms with Gasteiger partial charge in [0.25, 0.3) is 0 Å². The molecular weight excluding hydrogens is 338 g/mol. The molecular formula is C23H19NO3. The molecule has 0 N–H and O–H groups in total. The van der Waals surface area contributed by atoms with Crippen molar-refractivity contribution in [2.45, 2.75) is 5.92 Å². The van der Waals surface area contributed by atoms with Crippen LogP contribution >= 0.6 is 0 Å². The van der Waals surface area contributed by atoms with E-state index < -0.39 is 5.92 Å². The van der Waals surface area contributed by atoms with Crippen molar-refractivity contribution in [1.82, 2.24) is 0 Å². The van der Waals surface area contributed by atoms with E-state index in [0.717, 1.165) is 11.1 Å². The van der Waals surface area contributed by atoms with Crippen LogP contribution in [0.25, 0.3) is 0 Å². The summed E-state index contributed by atoms with van der Waals surface area (Å²) in [5.41, 5.74) is 2.85. The van der Waals surface area contributed by atoms with Gasteiger partial charge in [-0.2, -0.15) is 5.26 Å². The van der Waals surface area contributed by atoms with E-state index in [1.807, 2.05) is 36.4 Å². The molecule has 0 spiro atoms. The van der Waals surface area contributed by atoms with Crippen molar-refractivity contribution in [3.8, 4) is 17.6 Å². The molecule has 0 radical (unpaired) electrons. The third-order valence-electron chi connectivity index (χ3n) is 4.41. The third kappa shape index (κ3) is 3.83. The summed E-state index contributed by atoms with van der Waals surface area (Å²) >= 11 is 0. The number of ether oxygens (including phenoxy) is 2. The smallest absolute Gasteiger partial charge is 0.193 e. The van der Waals surface area contributed by atoms with E-state index in [2.05, 4.69) is 6.07 Å². The number of carbonyl (C=O) groups excluding carboxylic acids is 1. The van der Waals surface area contributed by atoms with Gasteiger partial charge in [-0.15, -0.1) is 0 Å². The minimum atomic E-state index is -0.467. The van der Waals surface area contributed by atoms with Crippen LogP contribution in [-0.2, 0) is 0 Å². The molecule has 0 fully saturated rings. The molecule has 0 aromatic heterocycles. The highest BCUT2D eigenvalue weighted by atomic mass is 16.5. The van der Waals surface area contributed by atoms with Crippen LogP contribution in [-0.4, -0.2) is 20.0 Å². The van der Waals surface area contributed by atoms with Gasteiger partial charge in [0.2, 0.25) is 0 Å². The van der Waals surface area contributed by atoms with E-state index in [0.29, 0.717) is 22.6 Å². The fraction of sp³-hybridized carbons (Fsp3) is 0.130. The molecule has 0 bridgehead atoms. The number of carbonyl (C=O) groups is 1. The van der Waals surface area contributed by atoms with Gasteiger partial charge in [-0.3, -0.25) is 4.79 Å². The summed E-state index contributed by atoms with van der Waals surface area (Å²) in [7, 11) is 3.13. The maximum Gasteiger partial charge on any atom is 0.193 e. The number of benzene rings is 3. The number of hydrogen-bond acceptors (Lipinski definition) is 4. The number of ketones is 1. The second-order valence-corrected chi connectivity index (χ2v) is 5.99. The quantitative estimate of drug-likeness (QED) is 0.606. The summed E-state index contributed by atoms with van der Waals surface area (Å²) in [5, 5.41) is 9.69. The second kappa shape index (κ2) is 8.20. The van der Waals surface area contributed by atoms with Crippen molar-refractivity contribution in [3.63, 3.8) is 0 Å². The molecule has 1 unspecified atom stereocenters.